The number of nitrogens with one attached hydrogen (secondary N) is 1. The number of carbonyl (C=O) groups is 1. The van der Waals surface area contributed by atoms with Gasteiger partial charge in [0.05, 0.1) is 12.0 Å². The number of hydrogen-bond donors (Lipinski definition) is 3. The van der Waals surface area contributed by atoms with E-state index in [9.17, 15) is 27.5 Å². The van der Waals surface area contributed by atoms with E-state index in [4.69, 9.17) is 16.7 Å². The summed E-state index contributed by atoms with van der Waals surface area (Å²) in [5.74, 6) is -6.93. The Kier molecular flexibility index (Phi) is 5.28. The number of aliphatic imine (C=N–C) groups is 1. The van der Waals surface area contributed by atoms with Crippen molar-refractivity contribution in [2.24, 2.45) is 4.99 Å². The molecule has 0 aliphatic carbocycles. The van der Waals surface area contributed by atoms with Crippen LogP contribution in [-0.4, -0.2) is 22.0 Å². The minimum atomic E-state index is -1.32. The van der Waals surface area contributed by atoms with Gasteiger partial charge in [-0.15, -0.1) is 0 Å². The van der Waals surface area contributed by atoms with Crippen LogP contribution in [0, 0.1) is 23.3 Å². The van der Waals surface area contributed by atoms with Crippen molar-refractivity contribution in [1.29, 1.82) is 0 Å². The van der Waals surface area contributed by atoms with Crippen molar-refractivity contribution in [3.8, 4) is 0 Å². The van der Waals surface area contributed by atoms with Crippen molar-refractivity contribution in [2.45, 2.75) is 12.5 Å². The van der Waals surface area contributed by atoms with E-state index >= 15 is 0 Å². The van der Waals surface area contributed by atoms with E-state index in [1.807, 2.05) is 0 Å². The molecular formula is C18H11ClF4N2O3. The third kappa shape index (κ3) is 3.79. The molecule has 1 unspecified atom stereocenters. The van der Waals surface area contributed by atoms with E-state index in [1.54, 1.807) is 0 Å². The molecule has 10 heteroatoms. The zero-order valence-electron chi connectivity index (χ0n) is 13.8. The predicted molar refractivity (Wildman–Crippen MR) is 92.0 cm³/mol. The molecule has 0 saturated heterocycles. The maximum absolute atomic E-state index is 14.1. The van der Waals surface area contributed by atoms with Gasteiger partial charge < -0.3 is 15.5 Å². The van der Waals surface area contributed by atoms with Gasteiger partial charge in [0, 0.05) is 22.7 Å². The number of halogens is 5. The molecule has 28 heavy (non-hydrogen) atoms. The molecular weight excluding hydrogens is 404 g/mol. The molecule has 3 rings (SSSR count). The number of aliphatic hydroxyl groups excluding tert-OH is 1. The summed E-state index contributed by atoms with van der Waals surface area (Å²) in [6, 6.07) is 2.77. The highest BCUT2D eigenvalue weighted by Gasteiger charge is 2.31. The van der Waals surface area contributed by atoms with Gasteiger partial charge in [0.2, 0.25) is 0 Å². The first-order chi connectivity index (χ1) is 13.2. The molecule has 5 nitrogen and oxygen atoms in total. The highest BCUT2D eigenvalue weighted by Crippen LogP contribution is 2.37. The lowest BCUT2D eigenvalue weighted by Crippen LogP contribution is -2.33. The van der Waals surface area contributed by atoms with Crippen LogP contribution < -0.4 is 5.32 Å². The molecule has 0 spiro atoms. The van der Waals surface area contributed by atoms with Crippen molar-refractivity contribution >= 4 is 23.4 Å². The average Bonchev–Trinajstić information content (AvgIpc) is 2.56. The summed E-state index contributed by atoms with van der Waals surface area (Å²) in [6.07, 6.45) is -0.678. The van der Waals surface area contributed by atoms with Crippen LogP contribution in [0.1, 0.15) is 23.6 Å². The van der Waals surface area contributed by atoms with Crippen LogP contribution in [0.3, 0.4) is 0 Å². The molecule has 1 aliphatic heterocycles. The smallest absolute Gasteiger partial charge is 0.307 e. The third-order valence-electron chi connectivity index (χ3n) is 3.97. The van der Waals surface area contributed by atoms with E-state index in [2.05, 4.69) is 10.3 Å². The zero-order chi connectivity index (χ0) is 20.6. The Morgan fingerprint density at radius 1 is 1.11 bits per heavy atom. The number of carboxylic acid groups (broad SMARTS) is 1. The Labute approximate surface area is 160 Å². The number of rotatable bonds is 4. The van der Waals surface area contributed by atoms with Crippen LogP contribution in [0.2, 0.25) is 5.02 Å². The fraction of sp³-hybridized carbons (Fsp3) is 0.111. The van der Waals surface area contributed by atoms with E-state index in [0.29, 0.717) is 12.1 Å². The SMILES string of the molecule is O=C(O)CC1=C(O)NC(c2c(F)cc(F)cc2F)=NC1c1ccc(F)cc1Cl. The number of aliphatic hydroxyl groups is 1. The summed E-state index contributed by atoms with van der Waals surface area (Å²) in [4.78, 5) is 15.2. The van der Waals surface area contributed by atoms with E-state index in [1.165, 1.54) is 6.07 Å². The lowest BCUT2D eigenvalue weighted by atomic mass is 9.95. The van der Waals surface area contributed by atoms with Crippen LogP contribution in [0.5, 0.6) is 0 Å². The fourth-order valence-electron chi connectivity index (χ4n) is 2.78. The Balaban J connectivity index is 2.18. The Morgan fingerprint density at radius 2 is 1.75 bits per heavy atom. The fourth-order valence-corrected chi connectivity index (χ4v) is 3.05. The van der Waals surface area contributed by atoms with Gasteiger partial charge in [-0.05, 0) is 17.7 Å². The van der Waals surface area contributed by atoms with Crippen molar-refractivity contribution in [3.63, 3.8) is 0 Å². The Morgan fingerprint density at radius 3 is 2.32 bits per heavy atom. The number of nitrogens with zero attached hydrogens (tertiary/aromatic N) is 1. The molecule has 2 aromatic carbocycles. The zero-order valence-corrected chi connectivity index (χ0v) is 14.6. The van der Waals surface area contributed by atoms with Crippen molar-refractivity contribution < 1.29 is 32.6 Å². The second-order valence-electron chi connectivity index (χ2n) is 5.86. The first-order valence-corrected chi connectivity index (χ1v) is 8.13. The molecule has 1 atom stereocenters. The van der Waals surface area contributed by atoms with Crippen molar-refractivity contribution in [3.05, 3.63) is 81.2 Å². The molecule has 0 fully saturated rings. The van der Waals surface area contributed by atoms with Crippen molar-refractivity contribution in [2.75, 3.05) is 0 Å². The number of amidine groups is 1. The van der Waals surface area contributed by atoms with Gasteiger partial charge in [-0.1, -0.05) is 17.7 Å². The molecule has 146 valence electrons. The Hall–Kier alpha value is -3.07. The van der Waals surface area contributed by atoms with Gasteiger partial charge in [-0.25, -0.2) is 17.6 Å². The molecule has 3 N–H and O–H groups in total. The van der Waals surface area contributed by atoms with Gasteiger partial charge >= 0.3 is 5.97 Å². The Bertz CT molecular complexity index is 1020. The van der Waals surface area contributed by atoms with Gasteiger partial charge in [0.1, 0.15) is 35.1 Å². The summed E-state index contributed by atoms with van der Waals surface area (Å²) in [6.45, 7) is 0. The summed E-state index contributed by atoms with van der Waals surface area (Å²) in [7, 11) is 0. The minimum Gasteiger partial charge on any atom is -0.494 e. The predicted octanol–water partition coefficient (Wildman–Crippen LogP) is 4.23. The highest BCUT2D eigenvalue weighted by molar-refractivity contribution is 6.31. The largest absolute Gasteiger partial charge is 0.494 e. The number of hydrogen-bond acceptors (Lipinski definition) is 4. The average molecular weight is 415 g/mol. The maximum Gasteiger partial charge on any atom is 0.307 e. The highest BCUT2D eigenvalue weighted by atomic mass is 35.5. The molecule has 1 aliphatic rings. The van der Waals surface area contributed by atoms with Gasteiger partial charge in [0.15, 0.2) is 5.88 Å². The number of carboxylic acids is 1. The minimum absolute atomic E-state index is 0.104. The van der Waals surface area contributed by atoms with E-state index in [-0.39, 0.29) is 16.2 Å². The molecule has 1 heterocycles. The molecule has 2 aromatic rings. The van der Waals surface area contributed by atoms with E-state index in [0.717, 1.165) is 12.1 Å². The van der Waals surface area contributed by atoms with Gasteiger partial charge in [-0.2, -0.15) is 0 Å². The summed E-state index contributed by atoms with van der Waals surface area (Å²) in [5.41, 5.74) is -0.814. The molecule has 0 aromatic heterocycles. The first-order valence-electron chi connectivity index (χ1n) is 7.76. The first kappa shape index (κ1) is 19.7. The second kappa shape index (κ2) is 7.51. The number of benzene rings is 2. The monoisotopic (exact) mass is 414 g/mol. The second-order valence-corrected chi connectivity index (χ2v) is 6.27. The summed E-state index contributed by atoms with van der Waals surface area (Å²) >= 11 is 6.01. The molecule has 0 radical (unpaired) electrons. The van der Waals surface area contributed by atoms with Crippen molar-refractivity contribution in [1.82, 2.24) is 5.32 Å². The molecule has 0 bridgehead atoms. The van der Waals surface area contributed by atoms with Crippen LogP contribution in [0.25, 0.3) is 0 Å². The quantitative estimate of drug-likeness (QED) is 0.654. The molecule has 0 amide bonds. The lowest BCUT2D eigenvalue weighted by molar-refractivity contribution is -0.136. The van der Waals surface area contributed by atoms with Gasteiger partial charge in [0.25, 0.3) is 0 Å². The van der Waals surface area contributed by atoms with Crippen LogP contribution in [-0.2, 0) is 4.79 Å². The number of aliphatic carboxylic acids is 1. The van der Waals surface area contributed by atoms with Crippen LogP contribution in [0.4, 0.5) is 17.6 Å². The molecule has 0 saturated carbocycles. The summed E-state index contributed by atoms with van der Waals surface area (Å²) < 4.78 is 54.8. The summed E-state index contributed by atoms with van der Waals surface area (Å²) in [5, 5.41) is 21.4. The van der Waals surface area contributed by atoms with Crippen LogP contribution in [0.15, 0.2) is 46.8 Å². The third-order valence-corrected chi connectivity index (χ3v) is 4.30. The normalized spacial score (nSPS) is 16.6. The van der Waals surface area contributed by atoms with Gasteiger partial charge in [-0.3, -0.25) is 9.79 Å². The lowest BCUT2D eigenvalue weighted by Gasteiger charge is -2.26. The standard InChI is InChI=1S/C18H11ClF4N2O3/c19-11-3-7(20)1-2-9(11)16-10(6-14(26)27)18(28)25-17(24-16)15-12(22)4-8(21)5-13(15)23/h1-5,16,28H,6H2,(H,24,25)(H,26,27). The topological polar surface area (TPSA) is 81.9 Å². The maximum atomic E-state index is 14.1. The van der Waals surface area contributed by atoms with Crippen LogP contribution >= 0.6 is 11.6 Å². The van der Waals surface area contributed by atoms with E-state index < -0.39 is 59.0 Å².